The Kier molecular flexibility index (Phi) is 7.71. The molecule has 0 bridgehead atoms. The Morgan fingerprint density at radius 1 is 1.13 bits per heavy atom. The summed E-state index contributed by atoms with van der Waals surface area (Å²) in [5.74, 6) is -0.444. The molecule has 0 saturated carbocycles. The molecule has 1 aromatic carbocycles. The third-order valence-corrected chi connectivity index (χ3v) is 2.49. The zero-order valence-corrected chi connectivity index (χ0v) is 12.9. The minimum atomic E-state index is -1.59. The van der Waals surface area contributed by atoms with Crippen molar-refractivity contribution in [2.24, 2.45) is 0 Å². The molecule has 0 aromatic heterocycles. The molecule has 0 unspecified atom stereocenters. The number of benzene rings is 1. The van der Waals surface area contributed by atoms with Crippen LogP contribution in [-0.4, -0.2) is 24.0 Å². The number of rotatable bonds is 6. The topological polar surface area (TPSA) is 82.1 Å². The van der Waals surface area contributed by atoms with E-state index in [-0.39, 0.29) is 6.61 Å². The molecule has 0 fully saturated rings. The van der Waals surface area contributed by atoms with E-state index < -0.39 is 18.3 Å². The standard InChI is InChI=1S/C17H18O6/c1-3-21-17(20)23-15(22-16(18)19)13(2)9-7-8-12-14-10-5-4-6-11-14/h4-12H,3H2,1-2H3,(H,18,19). The van der Waals surface area contributed by atoms with Gasteiger partial charge in [-0.25, -0.2) is 9.59 Å². The fourth-order valence-corrected chi connectivity index (χ4v) is 1.48. The molecule has 0 amide bonds. The van der Waals surface area contributed by atoms with Crippen LogP contribution in [0, 0.1) is 0 Å². The second-order valence-corrected chi connectivity index (χ2v) is 4.25. The summed E-state index contributed by atoms with van der Waals surface area (Å²) >= 11 is 0. The van der Waals surface area contributed by atoms with Gasteiger partial charge in [-0.2, -0.15) is 0 Å². The van der Waals surface area contributed by atoms with Gasteiger partial charge in [0.25, 0.3) is 0 Å². The van der Waals surface area contributed by atoms with Gasteiger partial charge in [0.15, 0.2) is 0 Å². The molecule has 0 aliphatic heterocycles. The quantitative estimate of drug-likeness (QED) is 0.477. The lowest BCUT2D eigenvalue weighted by Gasteiger charge is -2.08. The van der Waals surface area contributed by atoms with Crippen molar-refractivity contribution in [1.29, 1.82) is 0 Å². The molecule has 122 valence electrons. The molecule has 0 aliphatic carbocycles. The van der Waals surface area contributed by atoms with Gasteiger partial charge in [0, 0.05) is 5.57 Å². The van der Waals surface area contributed by atoms with Crippen LogP contribution < -0.4 is 0 Å². The maximum Gasteiger partial charge on any atom is 0.516 e. The smallest absolute Gasteiger partial charge is 0.449 e. The van der Waals surface area contributed by atoms with E-state index in [0.717, 1.165) is 5.56 Å². The van der Waals surface area contributed by atoms with Gasteiger partial charge in [0.2, 0.25) is 0 Å². The Morgan fingerprint density at radius 2 is 1.83 bits per heavy atom. The Hall–Kier alpha value is -3.02. The normalized spacial score (nSPS) is 12.1. The monoisotopic (exact) mass is 318 g/mol. The van der Waals surface area contributed by atoms with Gasteiger partial charge in [0.05, 0.1) is 6.61 Å². The second kappa shape index (κ2) is 9.83. The van der Waals surface area contributed by atoms with Crippen molar-refractivity contribution >= 4 is 18.4 Å². The maximum absolute atomic E-state index is 11.3. The Labute approximate surface area is 134 Å². The van der Waals surface area contributed by atoms with E-state index in [0.29, 0.717) is 5.57 Å². The van der Waals surface area contributed by atoms with Crippen LogP contribution >= 0.6 is 0 Å². The Morgan fingerprint density at radius 3 is 2.43 bits per heavy atom. The first-order valence-electron chi connectivity index (χ1n) is 6.89. The third kappa shape index (κ3) is 7.52. The van der Waals surface area contributed by atoms with Crippen LogP contribution in [0.5, 0.6) is 0 Å². The van der Waals surface area contributed by atoms with E-state index in [1.165, 1.54) is 0 Å². The third-order valence-electron chi connectivity index (χ3n) is 2.49. The van der Waals surface area contributed by atoms with Crippen molar-refractivity contribution in [3.63, 3.8) is 0 Å². The van der Waals surface area contributed by atoms with Crippen LogP contribution in [0.15, 0.2) is 60.1 Å². The van der Waals surface area contributed by atoms with E-state index in [1.807, 2.05) is 36.4 Å². The lowest BCUT2D eigenvalue weighted by atomic mass is 10.2. The minimum absolute atomic E-state index is 0.105. The van der Waals surface area contributed by atoms with Gasteiger partial charge >= 0.3 is 18.3 Å². The van der Waals surface area contributed by atoms with Gasteiger partial charge in [0.1, 0.15) is 0 Å². The molecule has 1 N–H and O–H groups in total. The van der Waals surface area contributed by atoms with Gasteiger partial charge < -0.3 is 19.3 Å². The average Bonchev–Trinajstić information content (AvgIpc) is 2.51. The second-order valence-electron chi connectivity index (χ2n) is 4.25. The average molecular weight is 318 g/mol. The van der Waals surface area contributed by atoms with Gasteiger partial charge in [-0.3, -0.25) is 0 Å². The summed E-state index contributed by atoms with van der Waals surface area (Å²) in [6.45, 7) is 3.25. The highest BCUT2D eigenvalue weighted by atomic mass is 16.8. The van der Waals surface area contributed by atoms with E-state index in [4.69, 9.17) is 9.84 Å². The fourth-order valence-electron chi connectivity index (χ4n) is 1.48. The summed E-state index contributed by atoms with van der Waals surface area (Å²) in [5.41, 5.74) is 1.33. The highest BCUT2D eigenvalue weighted by Gasteiger charge is 2.15. The summed E-state index contributed by atoms with van der Waals surface area (Å²) in [5, 5.41) is 8.67. The van der Waals surface area contributed by atoms with Crippen molar-refractivity contribution in [3.05, 3.63) is 65.6 Å². The van der Waals surface area contributed by atoms with Crippen LogP contribution in [0.25, 0.3) is 6.08 Å². The lowest BCUT2D eigenvalue weighted by Crippen LogP contribution is -2.12. The zero-order valence-electron chi connectivity index (χ0n) is 12.9. The number of hydrogen-bond acceptors (Lipinski definition) is 5. The first-order chi connectivity index (χ1) is 11.0. The molecule has 0 aliphatic rings. The molecule has 0 radical (unpaired) electrons. The van der Waals surface area contributed by atoms with Crippen LogP contribution in [-0.2, 0) is 14.2 Å². The molecule has 0 spiro atoms. The highest BCUT2D eigenvalue weighted by Crippen LogP contribution is 2.11. The number of carboxylic acid groups (broad SMARTS) is 1. The molecule has 0 heterocycles. The van der Waals surface area contributed by atoms with E-state index in [1.54, 1.807) is 32.1 Å². The first kappa shape index (κ1) is 18.0. The molecule has 0 saturated heterocycles. The van der Waals surface area contributed by atoms with Crippen LogP contribution in [0.1, 0.15) is 19.4 Å². The van der Waals surface area contributed by atoms with Crippen molar-refractivity contribution in [1.82, 2.24) is 0 Å². The Bertz CT molecular complexity index is 613. The summed E-state index contributed by atoms with van der Waals surface area (Å²) in [4.78, 5) is 21.9. The molecule has 0 atom stereocenters. The van der Waals surface area contributed by atoms with Crippen LogP contribution in [0.4, 0.5) is 9.59 Å². The number of carbonyl (C=O) groups excluding carboxylic acids is 1. The predicted octanol–water partition coefficient (Wildman–Crippen LogP) is 4.36. The zero-order chi connectivity index (χ0) is 17.1. The molecule has 6 nitrogen and oxygen atoms in total. The summed E-state index contributed by atoms with van der Waals surface area (Å²) in [6, 6.07) is 9.63. The largest absolute Gasteiger partial charge is 0.516 e. The fraction of sp³-hybridized carbons (Fsp3) is 0.176. The van der Waals surface area contributed by atoms with Crippen molar-refractivity contribution in [3.8, 4) is 0 Å². The number of allylic oxidation sites excluding steroid dienone is 4. The SMILES string of the molecule is CCOC(=O)OC(OC(=O)O)=C(C)C=CC=Cc1ccccc1. The van der Waals surface area contributed by atoms with E-state index in [9.17, 15) is 9.59 Å². The lowest BCUT2D eigenvalue weighted by molar-refractivity contribution is 0.0253. The summed E-state index contributed by atoms with van der Waals surface area (Å²) in [6.07, 6.45) is 4.24. The molecule has 1 aromatic rings. The highest BCUT2D eigenvalue weighted by molar-refractivity contribution is 5.63. The maximum atomic E-state index is 11.3. The van der Waals surface area contributed by atoms with Crippen LogP contribution in [0.2, 0.25) is 0 Å². The van der Waals surface area contributed by atoms with E-state index in [2.05, 4.69) is 9.47 Å². The van der Waals surface area contributed by atoms with Crippen LogP contribution in [0.3, 0.4) is 0 Å². The molecule has 1 rings (SSSR count). The van der Waals surface area contributed by atoms with Crippen molar-refractivity contribution in [2.45, 2.75) is 13.8 Å². The predicted molar refractivity (Wildman–Crippen MR) is 84.5 cm³/mol. The van der Waals surface area contributed by atoms with Gasteiger partial charge in [-0.05, 0) is 19.4 Å². The molecule has 23 heavy (non-hydrogen) atoms. The van der Waals surface area contributed by atoms with E-state index >= 15 is 0 Å². The minimum Gasteiger partial charge on any atom is -0.449 e. The molecular formula is C17H18O6. The van der Waals surface area contributed by atoms with Gasteiger partial charge in [-0.15, -0.1) is 0 Å². The Balaban J connectivity index is 2.79. The summed E-state index contributed by atoms with van der Waals surface area (Å²) < 4.78 is 13.7. The first-order valence-corrected chi connectivity index (χ1v) is 6.89. The van der Waals surface area contributed by atoms with Crippen molar-refractivity contribution < 1.29 is 28.9 Å². The number of hydrogen-bond donors (Lipinski definition) is 1. The number of ether oxygens (including phenoxy) is 3. The molecular weight excluding hydrogens is 300 g/mol. The van der Waals surface area contributed by atoms with Gasteiger partial charge in [-0.1, -0.05) is 54.6 Å². The molecule has 6 heteroatoms. The number of carbonyl (C=O) groups is 2. The summed E-state index contributed by atoms with van der Waals surface area (Å²) in [7, 11) is 0. The van der Waals surface area contributed by atoms with Crippen molar-refractivity contribution in [2.75, 3.05) is 6.61 Å².